The molecule has 0 unspecified atom stereocenters. The number of unbranched alkanes of at least 4 members (excludes halogenated alkanes) is 2. The van der Waals surface area contributed by atoms with Crippen molar-refractivity contribution in [3.63, 3.8) is 0 Å². The molecule has 1 amide bonds. The summed E-state index contributed by atoms with van der Waals surface area (Å²) in [5.41, 5.74) is 6.72. The van der Waals surface area contributed by atoms with Gasteiger partial charge < -0.3 is 11.1 Å². The van der Waals surface area contributed by atoms with Gasteiger partial charge in [-0.2, -0.15) is 0 Å². The lowest BCUT2D eigenvalue weighted by Crippen LogP contribution is -2.13. The van der Waals surface area contributed by atoms with E-state index in [2.05, 4.69) is 10.3 Å². The lowest BCUT2D eigenvalue weighted by Gasteiger charge is -2.10. The topological polar surface area (TPSA) is 68.0 Å². The maximum absolute atomic E-state index is 11.7. The summed E-state index contributed by atoms with van der Waals surface area (Å²) in [6.07, 6.45) is 3.17. The molecule has 0 aliphatic rings. The number of anilines is 1. The Balaban J connectivity index is 2.54. The van der Waals surface area contributed by atoms with Crippen molar-refractivity contribution < 1.29 is 4.79 Å². The van der Waals surface area contributed by atoms with Gasteiger partial charge in [-0.1, -0.05) is 29.6 Å². The molecule has 0 aliphatic heterocycles. The zero-order valence-corrected chi connectivity index (χ0v) is 11.8. The van der Waals surface area contributed by atoms with Crippen LogP contribution < -0.4 is 11.1 Å². The number of rotatable bonds is 6. The molecule has 1 aromatic rings. The molecule has 100 valence electrons. The molecule has 18 heavy (non-hydrogen) atoms. The minimum Gasteiger partial charge on any atom is -0.330 e. The summed E-state index contributed by atoms with van der Waals surface area (Å²) in [4.78, 5) is 15.6. The van der Waals surface area contributed by atoms with Crippen molar-refractivity contribution in [3.05, 3.63) is 21.9 Å². The van der Waals surface area contributed by atoms with Crippen LogP contribution in [0.5, 0.6) is 0 Å². The number of amides is 1. The Morgan fingerprint density at radius 1 is 1.39 bits per heavy atom. The first-order chi connectivity index (χ1) is 8.54. The number of nitrogens with two attached hydrogens (primary N) is 1. The number of carbonyl (C=O) groups is 1. The van der Waals surface area contributed by atoms with Crippen LogP contribution in [0.4, 0.5) is 5.69 Å². The molecule has 0 fully saturated rings. The highest BCUT2D eigenvalue weighted by Crippen LogP contribution is 2.26. The second kappa shape index (κ2) is 7.56. The highest BCUT2D eigenvalue weighted by molar-refractivity contribution is 6.34. The molecule has 4 nitrogen and oxygen atoms in total. The Kier molecular flexibility index (Phi) is 6.39. The Hall–Kier alpha value is -0.840. The minimum absolute atomic E-state index is 0.0684. The number of nitrogens with zero attached hydrogens (tertiary/aromatic N) is 1. The number of hydrogen-bond acceptors (Lipinski definition) is 3. The summed E-state index contributed by atoms with van der Waals surface area (Å²) in [6.45, 7) is 2.48. The van der Waals surface area contributed by atoms with Gasteiger partial charge in [0.05, 0.1) is 5.69 Å². The summed E-state index contributed by atoms with van der Waals surface area (Å²) in [5.74, 6) is -0.0684. The number of aromatic nitrogens is 1. The van der Waals surface area contributed by atoms with Crippen LogP contribution in [0.25, 0.3) is 0 Å². The van der Waals surface area contributed by atoms with Crippen LogP contribution >= 0.6 is 23.2 Å². The molecule has 1 heterocycles. The smallest absolute Gasteiger partial charge is 0.224 e. The van der Waals surface area contributed by atoms with Crippen molar-refractivity contribution in [2.24, 2.45) is 5.73 Å². The molecule has 0 saturated carbocycles. The Morgan fingerprint density at radius 2 is 2.11 bits per heavy atom. The molecule has 6 heteroatoms. The van der Waals surface area contributed by atoms with E-state index in [4.69, 9.17) is 28.9 Å². The van der Waals surface area contributed by atoms with Crippen LogP contribution in [0, 0.1) is 6.92 Å². The van der Waals surface area contributed by atoms with Gasteiger partial charge in [0.15, 0.2) is 5.15 Å². The first kappa shape index (κ1) is 15.2. The lowest BCUT2D eigenvalue weighted by molar-refractivity contribution is -0.116. The van der Waals surface area contributed by atoms with E-state index < -0.39 is 0 Å². The van der Waals surface area contributed by atoms with Crippen LogP contribution in [0.1, 0.15) is 31.2 Å². The minimum atomic E-state index is -0.0684. The van der Waals surface area contributed by atoms with E-state index >= 15 is 0 Å². The highest BCUT2D eigenvalue weighted by atomic mass is 35.5. The van der Waals surface area contributed by atoms with Gasteiger partial charge in [0.25, 0.3) is 0 Å². The zero-order chi connectivity index (χ0) is 13.5. The molecular formula is C12H17Cl2N3O. The van der Waals surface area contributed by atoms with Gasteiger partial charge >= 0.3 is 0 Å². The maximum atomic E-state index is 11.7. The van der Waals surface area contributed by atoms with Crippen molar-refractivity contribution >= 4 is 34.8 Å². The standard InChI is InChI=1S/C12H17Cl2N3O/c1-8-7-9(13)16-12(14)11(8)17-10(18)5-3-2-4-6-15/h7H,2-6,15H2,1H3,(H,17,18). The Morgan fingerprint density at radius 3 is 2.72 bits per heavy atom. The summed E-state index contributed by atoms with van der Waals surface area (Å²) in [5, 5.41) is 3.30. The van der Waals surface area contributed by atoms with Crippen LogP contribution in [-0.4, -0.2) is 17.4 Å². The number of hydrogen-bond donors (Lipinski definition) is 2. The third-order valence-corrected chi connectivity index (χ3v) is 2.98. The van der Waals surface area contributed by atoms with Gasteiger partial charge in [0.2, 0.25) is 5.91 Å². The SMILES string of the molecule is Cc1cc(Cl)nc(Cl)c1NC(=O)CCCCCN. The summed E-state index contributed by atoms with van der Waals surface area (Å²) >= 11 is 11.7. The molecule has 0 aromatic carbocycles. The van der Waals surface area contributed by atoms with Gasteiger partial charge in [-0.25, -0.2) is 4.98 Å². The normalized spacial score (nSPS) is 10.4. The molecule has 3 N–H and O–H groups in total. The fourth-order valence-electron chi connectivity index (χ4n) is 1.55. The van der Waals surface area contributed by atoms with Gasteiger partial charge in [-0.3, -0.25) is 4.79 Å². The maximum Gasteiger partial charge on any atom is 0.224 e. The van der Waals surface area contributed by atoms with Crippen LogP contribution in [0.2, 0.25) is 10.3 Å². The second-order valence-corrected chi connectivity index (χ2v) is 4.82. The summed E-state index contributed by atoms with van der Waals surface area (Å²) < 4.78 is 0. The third kappa shape index (κ3) is 4.80. The number of halogens is 2. The van der Waals surface area contributed by atoms with E-state index in [0.717, 1.165) is 24.8 Å². The fourth-order valence-corrected chi connectivity index (χ4v) is 2.13. The molecule has 0 atom stereocenters. The number of pyridine rings is 1. The fraction of sp³-hybridized carbons (Fsp3) is 0.500. The first-order valence-electron chi connectivity index (χ1n) is 5.87. The van der Waals surface area contributed by atoms with Crippen molar-refractivity contribution in [2.45, 2.75) is 32.6 Å². The Labute approximate surface area is 117 Å². The number of nitrogens with one attached hydrogen (secondary N) is 1. The van der Waals surface area contributed by atoms with Gasteiger partial charge in [0, 0.05) is 6.42 Å². The largest absolute Gasteiger partial charge is 0.330 e. The molecule has 0 bridgehead atoms. The highest BCUT2D eigenvalue weighted by Gasteiger charge is 2.10. The quantitative estimate of drug-likeness (QED) is 0.624. The van der Waals surface area contributed by atoms with Gasteiger partial charge in [-0.15, -0.1) is 0 Å². The third-order valence-electron chi connectivity index (χ3n) is 2.51. The van der Waals surface area contributed by atoms with Crippen molar-refractivity contribution in [1.82, 2.24) is 4.98 Å². The summed E-state index contributed by atoms with van der Waals surface area (Å²) in [6, 6.07) is 1.66. The van der Waals surface area contributed by atoms with Crippen LogP contribution in [-0.2, 0) is 4.79 Å². The number of aryl methyl sites for hydroxylation is 1. The van der Waals surface area contributed by atoms with E-state index in [1.807, 2.05) is 6.92 Å². The molecule has 0 spiro atoms. The molecule has 0 saturated heterocycles. The lowest BCUT2D eigenvalue weighted by atomic mass is 10.2. The van der Waals surface area contributed by atoms with Crippen molar-refractivity contribution in [2.75, 3.05) is 11.9 Å². The van der Waals surface area contributed by atoms with Gasteiger partial charge in [0.1, 0.15) is 5.15 Å². The predicted molar refractivity (Wildman–Crippen MR) is 75.1 cm³/mol. The monoisotopic (exact) mass is 289 g/mol. The predicted octanol–water partition coefficient (Wildman–Crippen LogP) is 3.15. The molecular weight excluding hydrogens is 273 g/mol. The first-order valence-corrected chi connectivity index (χ1v) is 6.62. The molecule has 1 rings (SSSR count). The van der Waals surface area contributed by atoms with E-state index in [0.29, 0.717) is 23.8 Å². The van der Waals surface area contributed by atoms with E-state index in [1.54, 1.807) is 6.07 Å². The van der Waals surface area contributed by atoms with E-state index in [9.17, 15) is 4.79 Å². The average Bonchev–Trinajstić information content (AvgIpc) is 2.29. The summed E-state index contributed by atoms with van der Waals surface area (Å²) in [7, 11) is 0. The van der Waals surface area contributed by atoms with Crippen molar-refractivity contribution in [3.8, 4) is 0 Å². The van der Waals surface area contributed by atoms with Crippen LogP contribution in [0.3, 0.4) is 0 Å². The molecule has 0 aliphatic carbocycles. The van der Waals surface area contributed by atoms with Gasteiger partial charge in [-0.05, 0) is 37.9 Å². The van der Waals surface area contributed by atoms with E-state index in [-0.39, 0.29) is 11.1 Å². The molecule has 0 radical (unpaired) electrons. The van der Waals surface area contributed by atoms with E-state index in [1.165, 1.54) is 0 Å². The Bertz CT molecular complexity index is 401. The average molecular weight is 290 g/mol. The number of carbonyl (C=O) groups excluding carboxylic acids is 1. The van der Waals surface area contributed by atoms with Crippen molar-refractivity contribution in [1.29, 1.82) is 0 Å². The zero-order valence-electron chi connectivity index (χ0n) is 10.3. The van der Waals surface area contributed by atoms with Crippen LogP contribution in [0.15, 0.2) is 6.07 Å². The molecule has 1 aromatic heterocycles. The second-order valence-electron chi connectivity index (χ2n) is 4.08.